The number of aliphatic hydroxyl groups is 1. The molecule has 2 N–H and O–H groups in total. The number of Topliss-reactive ketones (excluding diaryl/α,β-unsaturated/α-hetero) is 2. The lowest BCUT2D eigenvalue weighted by Crippen LogP contribution is -2.29. The van der Waals surface area contributed by atoms with E-state index in [0.29, 0.717) is 29.3 Å². The summed E-state index contributed by atoms with van der Waals surface area (Å²) in [6.45, 7) is -0.277. The van der Waals surface area contributed by atoms with Gasteiger partial charge >= 0.3 is 0 Å². The molecule has 0 saturated heterocycles. The second kappa shape index (κ2) is 12.0. The predicted molar refractivity (Wildman–Crippen MR) is 147 cm³/mol. The van der Waals surface area contributed by atoms with Crippen molar-refractivity contribution in [1.29, 1.82) is 0 Å². The van der Waals surface area contributed by atoms with Crippen molar-refractivity contribution in [3.63, 3.8) is 0 Å². The minimum atomic E-state index is -1.11. The van der Waals surface area contributed by atoms with Crippen molar-refractivity contribution in [3.8, 4) is 17.4 Å². The highest BCUT2D eigenvalue weighted by atomic mass is 19.1. The second-order valence-electron chi connectivity index (χ2n) is 9.97. The van der Waals surface area contributed by atoms with Crippen molar-refractivity contribution in [1.82, 2.24) is 15.3 Å². The molecule has 0 spiro atoms. The van der Waals surface area contributed by atoms with Crippen LogP contribution in [0.15, 0.2) is 60.9 Å². The number of hydrogen-bond acceptors (Lipinski definition) is 8. The number of aromatic nitrogens is 2. The number of benzene rings is 2. The van der Waals surface area contributed by atoms with Crippen LogP contribution in [0.4, 0.5) is 8.78 Å². The van der Waals surface area contributed by atoms with Crippen molar-refractivity contribution in [3.05, 3.63) is 89.2 Å². The lowest BCUT2D eigenvalue weighted by atomic mass is 9.88. The molecule has 1 aliphatic rings. The van der Waals surface area contributed by atoms with Gasteiger partial charge < -0.3 is 19.9 Å². The summed E-state index contributed by atoms with van der Waals surface area (Å²) in [4.78, 5) is 46.8. The highest BCUT2D eigenvalue weighted by molar-refractivity contribution is 6.11. The Hall–Kier alpha value is -4.77. The van der Waals surface area contributed by atoms with Gasteiger partial charge in [0.1, 0.15) is 23.9 Å². The molecule has 0 radical (unpaired) electrons. The van der Waals surface area contributed by atoms with Gasteiger partial charge in [-0.1, -0.05) is 12.1 Å². The number of ether oxygens (including phenoxy) is 2. The van der Waals surface area contributed by atoms with E-state index in [9.17, 15) is 18.8 Å². The van der Waals surface area contributed by atoms with Crippen molar-refractivity contribution in [2.75, 3.05) is 20.3 Å². The highest BCUT2D eigenvalue weighted by Crippen LogP contribution is 2.49. The van der Waals surface area contributed by atoms with Gasteiger partial charge in [0.2, 0.25) is 0 Å². The number of nitrogens with one attached hydrogen (secondary N) is 1. The molecule has 1 saturated carbocycles. The maximum atomic E-state index is 15.1. The average molecular weight is 576 g/mol. The summed E-state index contributed by atoms with van der Waals surface area (Å²) < 4.78 is 39.6. The third-order valence-electron chi connectivity index (χ3n) is 7.15. The first-order valence-corrected chi connectivity index (χ1v) is 13.3. The third kappa shape index (κ3) is 5.96. The van der Waals surface area contributed by atoms with Crippen molar-refractivity contribution in [2.24, 2.45) is 5.41 Å². The number of carbonyl (C=O) groups is 3. The zero-order chi connectivity index (χ0) is 29.9. The molecule has 1 aliphatic carbocycles. The molecule has 2 aromatic heterocycles. The van der Waals surface area contributed by atoms with Crippen LogP contribution in [0.25, 0.3) is 10.9 Å². The van der Waals surface area contributed by atoms with E-state index in [1.165, 1.54) is 61.9 Å². The van der Waals surface area contributed by atoms with Gasteiger partial charge in [0.05, 0.1) is 23.1 Å². The number of rotatable bonds is 12. The maximum Gasteiger partial charge on any atom is 0.255 e. The van der Waals surface area contributed by atoms with E-state index < -0.39 is 23.0 Å². The summed E-state index contributed by atoms with van der Waals surface area (Å²) in [6.07, 6.45) is 3.43. The van der Waals surface area contributed by atoms with E-state index in [4.69, 9.17) is 14.6 Å². The Morgan fingerprint density at radius 1 is 0.952 bits per heavy atom. The topological polar surface area (TPSA) is 128 Å². The molecule has 0 unspecified atom stereocenters. The Kier molecular flexibility index (Phi) is 8.21. The number of halogens is 2. The van der Waals surface area contributed by atoms with E-state index >= 15 is 4.39 Å². The Morgan fingerprint density at radius 2 is 1.67 bits per heavy atom. The fourth-order valence-electron chi connectivity index (χ4n) is 4.71. The summed E-state index contributed by atoms with van der Waals surface area (Å²) in [5, 5.41) is 12.0. The van der Waals surface area contributed by atoms with Gasteiger partial charge in [0.15, 0.2) is 17.4 Å². The SMILES string of the molecule is CNC(=O)c1cc2c(Oc3ncc(CC(=O)C4(C(=O)Cc5ccc(F)cc5)CC4)cc3F)ccnc2cc1OCCO. The third-order valence-corrected chi connectivity index (χ3v) is 7.15. The molecule has 42 heavy (non-hydrogen) atoms. The van der Waals surface area contributed by atoms with E-state index in [-0.39, 0.29) is 66.1 Å². The van der Waals surface area contributed by atoms with Gasteiger partial charge in [0, 0.05) is 43.7 Å². The fraction of sp³-hybridized carbons (Fsp3) is 0.258. The Labute approximate surface area is 239 Å². The predicted octanol–water partition coefficient (Wildman–Crippen LogP) is 4.13. The average Bonchev–Trinajstić information content (AvgIpc) is 3.80. The van der Waals surface area contributed by atoms with Crippen LogP contribution in [0.2, 0.25) is 0 Å². The quantitative estimate of drug-likeness (QED) is 0.242. The zero-order valence-electron chi connectivity index (χ0n) is 22.7. The molecular weight excluding hydrogens is 548 g/mol. The molecule has 0 aliphatic heterocycles. The smallest absolute Gasteiger partial charge is 0.255 e. The van der Waals surface area contributed by atoms with Gasteiger partial charge in [-0.05, 0) is 54.3 Å². The number of ketones is 2. The van der Waals surface area contributed by atoms with Crippen LogP contribution in [-0.4, -0.2) is 52.8 Å². The van der Waals surface area contributed by atoms with E-state index in [1.54, 1.807) is 0 Å². The maximum absolute atomic E-state index is 15.1. The van der Waals surface area contributed by atoms with E-state index in [1.807, 2.05) is 0 Å². The summed E-state index contributed by atoms with van der Waals surface area (Å²) in [7, 11) is 1.46. The van der Waals surface area contributed by atoms with Crippen LogP contribution in [0.1, 0.15) is 34.3 Å². The molecule has 4 aromatic rings. The summed E-state index contributed by atoms with van der Waals surface area (Å²) in [5.74, 6) is -2.18. The Bertz CT molecular complexity index is 1670. The number of aliphatic hydroxyl groups excluding tert-OH is 1. The number of hydrogen-bond donors (Lipinski definition) is 2. The van der Waals surface area contributed by atoms with Crippen LogP contribution in [0.5, 0.6) is 17.4 Å². The van der Waals surface area contributed by atoms with Gasteiger partial charge in [-0.2, -0.15) is 0 Å². The number of pyridine rings is 2. The van der Waals surface area contributed by atoms with Crippen LogP contribution in [-0.2, 0) is 22.4 Å². The minimum absolute atomic E-state index is 0.0159. The van der Waals surface area contributed by atoms with E-state index in [0.717, 1.165) is 6.07 Å². The van der Waals surface area contributed by atoms with Gasteiger partial charge in [0.25, 0.3) is 11.8 Å². The Morgan fingerprint density at radius 3 is 2.31 bits per heavy atom. The van der Waals surface area contributed by atoms with Gasteiger partial charge in [-0.25, -0.2) is 13.8 Å². The van der Waals surface area contributed by atoms with Crippen LogP contribution >= 0.6 is 0 Å². The monoisotopic (exact) mass is 575 g/mol. The molecule has 0 bridgehead atoms. The van der Waals surface area contributed by atoms with Gasteiger partial charge in [-0.15, -0.1) is 0 Å². The second-order valence-corrected chi connectivity index (χ2v) is 9.97. The first-order valence-electron chi connectivity index (χ1n) is 13.3. The molecule has 2 aromatic carbocycles. The number of fused-ring (bicyclic) bond motifs is 1. The lowest BCUT2D eigenvalue weighted by Gasteiger charge is -2.14. The summed E-state index contributed by atoms with van der Waals surface area (Å²) in [6, 6.07) is 11.2. The van der Waals surface area contributed by atoms with Gasteiger partial charge in [-0.3, -0.25) is 19.4 Å². The van der Waals surface area contributed by atoms with Crippen molar-refractivity contribution < 1.29 is 37.7 Å². The molecular formula is C31H27F2N3O6. The molecule has 9 nitrogen and oxygen atoms in total. The molecule has 5 rings (SSSR count). The number of nitrogens with zero attached hydrogens (tertiary/aromatic N) is 2. The molecule has 11 heteroatoms. The van der Waals surface area contributed by atoms with E-state index in [2.05, 4.69) is 15.3 Å². The molecule has 1 fully saturated rings. The molecule has 216 valence electrons. The lowest BCUT2D eigenvalue weighted by molar-refractivity contribution is -0.133. The first kappa shape index (κ1) is 28.7. The molecule has 2 heterocycles. The first-order chi connectivity index (χ1) is 20.2. The normalized spacial score (nSPS) is 13.4. The van der Waals surface area contributed by atoms with Crippen LogP contribution in [0.3, 0.4) is 0 Å². The standard InChI is InChI=1S/C31H27F2N3O6/c1-34-29(40)22-15-21-24(16-26(22)41-11-10-37)35-9-6-25(21)42-30-23(33)12-19(17-36-30)14-28(39)31(7-8-31)27(38)13-18-2-4-20(32)5-3-18/h2-6,9,12,15-17,37H,7-8,10-11,13-14H2,1H3,(H,34,40). The summed E-state index contributed by atoms with van der Waals surface area (Å²) in [5.41, 5.74) is 0.364. The van der Waals surface area contributed by atoms with Crippen LogP contribution in [0, 0.1) is 17.0 Å². The zero-order valence-corrected chi connectivity index (χ0v) is 22.7. The minimum Gasteiger partial charge on any atom is -0.490 e. The fourth-order valence-corrected chi connectivity index (χ4v) is 4.71. The number of carbonyl (C=O) groups excluding carboxylic acids is 3. The number of amides is 1. The Balaban J connectivity index is 1.33. The van der Waals surface area contributed by atoms with Crippen molar-refractivity contribution >= 4 is 28.4 Å². The largest absolute Gasteiger partial charge is 0.490 e. The highest BCUT2D eigenvalue weighted by Gasteiger charge is 2.54. The van der Waals surface area contributed by atoms with Crippen molar-refractivity contribution in [2.45, 2.75) is 25.7 Å². The van der Waals surface area contributed by atoms with Crippen LogP contribution < -0.4 is 14.8 Å². The molecule has 0 atom stereocenters. The molecule has 1 amide bonds. The summed E-state index contributed by atoms with van der Waals surface area (Å²) >= 11 is 0.